The molecule has 0 radical (unpaired) electrons. The van der Waals surface area contributed by atoms with E-state index in [9.17, 15) is 14.7 Å². The van der Waals surface area contributed by atoms with Crippen LogP contribution in [0, 0.1) is 5.92 Å². The van der Waals surface area contributed by atoms with Crippen LogP contribution in [0.4, 0.5) is 5.69 Å². The van der Waals surface area contributed by atoms with Crippen molar-refractivity contribution >= 4 is 17.6 Å². The van der Waals surface area contributed by atoms with Crippen molar-refractivity contribution in [3.05, 3.63) is 53.6 Å². The Bertz CT molecular complexity index is 841. The molecule has 0 unspecified atom stereocenters. The fourth-order valence-corrected chi connectivity index (χ4v) is 2.48. The van der Waals surface area contributed by atoms with E-state index >= 15 is 0 Å². The Morgan fingerprint density at radius 1 is 1.07 bits per heavy atom. The van der Waals surface area contributed by atoms with Gasteiger partial charge < -0.3 is 19.9 Å². The lowest BCUT2D eigenvalue weighted by molar-refractivity contribution is -0.142. The molecule has 28 heavy (non-hydrogen) atoms. The minimum atomic E-state index is -0.998. The number of hydrogen-bond acceptors (Lipinski definition) is 4. The second-order valence-electron chi connectivity index (χ2n) is 7.53. The average molecular weight is 385 g/mol. The minimum Gasteiger partial charge on any atom is -0.493 e. The molecular weight excluding hydrogens is 358 g/mol. The molecule has 150 valence electrons. The second kappa shape index (κ2) is 8.78. The molecule has 6 heteroatoms. The van der Waals surface area contributed by atoms with Crippen molar-refractivity contribution in [1.29, 1.82) is 0 Å². The first kappa shape index (κ1) is 21.3. The molecule has 0 heterocycles. The number of hydrogen-bond donors (Lipinski definition) is 2. The number of ether oxygens (including phenoxy) is 2. The zero-order chi connectivity index (χ0) is 20.9. The smallest absolute Gasteiger partial charge is 0.313 e. The maximum atomic E-state index is 12.5. The van der Waals surface area contributed by atoms with E-state index < -0.39 is 11.4 Å². The zero-order valence-electron chi connectivity index (χ0n) is 16.9. The molecule has 0 aliphatic carbocycles. The number of carbonyl (C=O) groups is 2. The maximum Gasteiger partial charge on any atom is 0.313 e. The van der Waals surface area contributed by atoms with Gasteiger partial charge >= 0.3 is 5.97 Å². The van der Waals surface area contributed by atoms with E-state index in [1.807, 2.05) is 0 Å². The van der Waals surface area contributed by atoms with Crippen molar-refractivity contribution in [3.8, 4) is 11.5 Å². The van der Waals surface area contributed by atoms with Crippen LogP contribution >= 0.6 is 0 Å². The molecule has 0 atom stereocenters. The zero-order valence-corrected chi connectivity index (χ0v) is 16.9. The van der Waals surface area contributed by atoms with E-state index in [-0.39, 0.29) is 5.91 Å². The predicted molar refractivity (Wildman–Crippen MR) is 108 cm³/mol. The third kappa shape index (κ3) is 5.03. The Labute approximate surface area is 165 Å². The lowest BCUT2D eigenvalue weighted by atomic mass is 9.85. The summed E-state index contributed by atoms with van der Waals surface area (Å²) in [7, 11) is 1.53. The van der Waals surface area contributed by atoms with Gasteiger partial charge in [0.25, 0.3) is 5.91 Å². The summed E-state index contributed by atoms with van der Waals surface area (Å²) < 4.78 is 11.0. The molecule has 2 aromatic rings. The molecule has 1 amide bonds. The molecule has 2 N–H and O–H groups in total. The molecule has 0 aromatic heterocycles. The molecule has 0 aliphatic rings. The van der Waals surface area contributed by atoms with Gasteiger partial charge in [-0.15, -0.1) is 0 Å². The van der Waals surface area contributed by atoms with Crippen molar-refractivity contribution < 1.29 is 24.2 Å². The Kier molecular flexibility index (Phi) is 6.67. The summed E-state index contributed by atoms with van der Waals surface area (Å²) >= 11 is 0. The van der Waals surface area contributed by atoms with Crippen molar-refractivity contribution in [1.82, 2.24) is 0 Å². The van der Waals surface area contributed by atoms with Gasteiger partial charge in [0.1, 0.15) is 0 Å². The van der Waals surface area contributed by atoms with E-state index in [4.69, 9.17) is 9.47 Å². The molecule has 0 fully saturated rings. The summed E-state index contributed by atoms with van der Waals surface area (Å²) in [6.45, 7) is 7.94. The normalized spacial score (nSPS) is 11.2. The summed E-state index contributed by atoms with van der Waals surface area (Å²) in [5, 5.41) is 12.1. The Hall–Kier alpha value is -3.02. The van der Waals surface area contributed by atoms with Crippen molar-refractivity contribution in [2.75, 3.05) is 19.0 Å². The van der Waals surface area contributed by atoms with Crippen molar-refractivity contribution in [3.63, 3.8) is 0 Å². The number of nitrogens with one attached hydrogen (secondary N) is 1. The standard InChI is InChI=1S/C22H27NO5/c1-14(2)13-28-18-11-6-15(12-19(18)27-5)20(24)23-17-9-7-16(8-10-17)22(3,4)21(25)26/h6-12,14H,13H2,1-5H3,(H,23,24)(H,25,26). The van der Waals surface area contributed by atoms with Crippen molar-refractivity contribution in [2.24, 2.45) is 5.92 Å². The minimum absolute atomic E-state index is 0.293. The van der Waals surface area contributed by atoms with Gasteiger partial charge in [-0.05, 0) is 55.7 Å². The molecule has 2 rings (SSSR count). The molecule has 0 aliphatic heterocycles. The Morgan fingerprint density at radius 2 is 1.71 bits per heavy atom. The number of benzene rings is 2. The van der Waals surface area contributed by atoms with Gasteiger partial charge in [0.2, 0.25) is 0 Å². The van der Waals surface area contributed by atoms with Gasteiger partial charge in [-0.1, -0.05) is 26.0 Å². The first-order valence-corrected chi connectivity index (χ1v) is 9.11. The van der Waals surface area contributed by atoms with Crippen LogP contribution in [-0.2, 0) is 10.2 Å². The first-order valence-electron chi connectivity index (χ1n) is 9.11. The molecule has 0 bridgehead atoms. The summed E-state index contributed by atoms with van der Waals surface area (Å²) in [5.41, 5.74) is 0.672. The van der Waals surface area contributed by atoms with Crippen molar-refractivity contribution in [2.45, 2.75) is 33.1 Å². The highest BCUT2D eigenvalue weighted by Gasteiger charge is 2.29. The van der Waals surface area contributed by atoms with Crippen LogP contribution in [0.15, 0.2) is 42.5 Å². The van der Waals surface area contributed by atoms with Crippen LogP contribution in [0.1, 0.15) is 43.6 Å². The van der Waals surface area contributed by atoms with Crippen LogP contribution in [0.2, 0.25) is 0 Å². The summed E-state index contributed by atoms with van der Waals surface area (Å²) in [6.07, 6.45) is 0. The number of carbonyl (C=O) groups excluding carboxylic acids is 1. The van der Waals surface area contributed by atoms with Gasteiger partial charge in [-0.2, -0.15) is 0 Å². The third-order valence-corrected chi connectivity index (χ3v) is 4.40. The number of carboxylic acids is 1. The molecule has 2 aromatic carbocycles. The molecule has 6 nitrogen and oxygen atoms in total. The van der Waals surface area contributed by atoms with Gasteiger partial charge in [-0.25, -0.2) is 0 Å². The topological polar surface area (TPSA) is 84.9 Å². The van der Waals surface area contributed by atoms with Crippen LogP contribution in [0.25, 0.3) is 0 Å². The highest BCUT2D eigenvalue weighted by atomic mass is 16.5. The van der Waals surface area contributed by atoms with E-state index in [2.05, 4.69) is 19.2 Å². The van der Waals surface area contributed by atoms with Crippen LogP contribution in [0.5, 0.6) is 11.5 Å². The average Bonchev–Trinajstić information content (AvgIpc) is 2.66. The second-order valence-corrected chi connectivity index (χ2v) is 7.53. The maximum absolute atomic E-state index is 12.5. The summed E-state index contributed by atoms with van der Waals surface area (Å²) in [6, 6.07) is 11.8. The van der Waals surface area contributed by atoms with Gasteiger partial charge in [0.05, 0.1) is 19.1 Å². The molecule has 0 spiro atoms. The number of rotatable bonds is 8. The summed E-state index contributed by atoms with van der Waals surface area (Å²) in [5.74, 6) is 0.261. The van der Waals surface area contributed by atoms with Gasteiger partial charge in [0, 0.05) is 11.3 Å². The van der Waals surface area contributed by atoms with Crippen LogP contribution in [-0.4, -0.2) is 30.7 Å². The number of amides is 1. The van der Waals surface area contributed by atoms with E-state index in [0.29, 0.717) is 40.8 Å². The number of carboxylic acid groups (broad SMARTS) is 1. The molecule has 0 saturated carbocycles. The van der Waals surface area contributed by atoms with Crippen LogP contribution in [0.3, 0.4) is 0 Å². The number of aliphatic carboxylic acids is 1. The molecule has 0 saturated heterocycles. The lowest BCUT2D eigenvalue weighted by Crippen LogP contribution is -2.28. The SMILES string of the molecule is COc1cc(C(=O)Nc2ccc(C(C)(C)C(=O)O)cc2)ccc1OCC(C)C. The van der Waals surface area contributed by atoms with Gasteiger partial charge in [0.15, 0.2) is 11.5 Å². The Balaban J connectivity index is 2.13. The highest BCUT2D eigenvalue weighted by molar-refractivity contribution is 6.04. The van der Waals surface area contributed by atoms with Gasteiger partial charge in [-0.3, -0.25) is 9.59 Å². The molecular formula is C22H27NO5. The van der Waals surface area contributed by atoms with E-state index in [1.54, 1.807) is 56.3 Å². The first-order chi connectivity index (χ1) is 13.1. The Morgan fingerprint density at radius 3 is 2.25 bits per heavy atom. The van der Waals surface area contributed by atoms with Crippen LogP contribution < -0.4 is 14.8 Å². The lowest BCUT2D eigenvalue weighted by Gasteiger charge is -2.20. The number of methoxy groups -OCH3 is 1. The monoisotopic (exact) mass is 385 g/mol. The quantitative estimate of drug-likeness (QED) is 0.706. The van der Waals surface area contributed by atoms with E-state index in [0.717, 1.165) is 0 Å². The highest BCUT2D eigenvalue weighted by Crippen LogP contribution is 2.29. The summed E-state index contributed by atoms with van der Waals surface area (Å²) in [4.78, 5) is 23.9. The number of anilines is 1. The predicted octanol–water partition coefficient (Wildman–Crippen LogP) is 4.34. The largest absolute Gasteiger partial charge is 0.493 e. The third-order valence-electron chi connectivity index (χ3n) is 4.40. The van der Waals surface area contributed by atoms with E-state index in [1.165, 1.54) is 7.11 Å². The fourth-order valence-electron chi connectivity index (χ4n) is 2.48. The fraction of sp³-hybridized carbons (Fsp3) is 0.364.